The molecule has 2 atom stereocenters. The molecule has 2 unspecified atom stereocenters. The van der Waals surface area contributed by atoms with E-state index >= 15 is 0 Å². The summed E-state index contributed by atoms with van der Waals surface area (Å²) in [7, 11) is 0. The molecule has 0 aromatic rings. The normalized spacial score (nSPS) is 13.9. The van der Waals surface area contributed by atoms with Crippen molar-refractivity contribution in [2.24, 2.45) is 0 Å². The SMILES string of the molecule is CC/C=C\C/C=C\C/C=C\C/C=C\C/C=C\C/C=C\C/C=C\C/C=C\C/C=C\C/C=C\CCCCCCC(=O)NC(CO)C(O)/C=C/CC/C=C/CCCCCCCCCCCCCCCCCCCCCC. The molecule has 0 aromatic carbocycles. The van der Waals surface area contributed by atoms with Crippen molar-refractivity contribution < 1.29 is 15.0 Å². The predicted molar refractivity (Wildman–Crippen MR) is 326 cm³/mol. The molecule has 0 bridgehead atoms. The van der Waals surface area contributed by atoms with Crippen molar-refractivity contribution in [1.82, 2.24) is 5.32 Å². The van der Waals surface area contributed by atoms with Gasteiger partial charge >= 0.3 is 0 Å². The van der Waals surface area contributed by atoms with Gasteiger partial charge in [0.2, 0.25) is 5.91 Å². The topological polar surface area (TPSA) is 69.6 Å². The number of allylic oxidation sites excluding steroid dienone is 23. The first-order valence-corrected chi connectivity index (χ1v) is 30.5. The van der Waals surface area contributed by atoms with Gasteiger partial charge in [0, 0.05) is 6.42 Å². The van der Waals surface area contributed by atoms with Crippen LogP contribution in [0.15, 0.2) is 146 Å². The van der Waals surface area contributed by atoms with Gasteiger partial charge in [-0.15, -0.1) is 0 Å². The van der Waals surface area contributed by atoms with Crippen LogP contribution in [-0.4, -0.2) is 34.9 Å². The molecule has 4 heteroatoms. The van der Waals surface area contributed by atoms with Crippen LogP contribution >= 0.6 is 0 Å². The van der Waals surface area contributed by atoms with E-state index in [4.69, 9.17) is 0 Å². The van der Waals surface area contributed by atoms with E-state index in [0.29, 0.717) is 6.42 Å². The maximum Gasteiger partial charge on any atom is 0.220 e. The number of carbonyl (C=O) groups is 1. The summed E-state index contributed by atoms with van der Waals surface area (Å²) in [6.07, 6.45) is 98.8. The fraction of sp³-hybridized carbons (Fsp3) is 0.638. The van der Waals surface area contributed by atoms with Gasteiger partial charge in [-0.2, -0.15) is 0 Å². The molecular formula is C69H115NO3. The maximum absolute atomic E-state index is 12.5. The highest BCUT2D eigenvalue weighted by molar-refractivity contribution is 5.76. The first kappa shape index (κ1) is 69.3. The summed E-state index contributed by atoms with van der Waals surface area (Å²) >= 11 is 0. The van der Waals surface area contributed by atoms with Crippen molar-refractivity contribution in [2.45, 2.75) is 276 Å². The number of nitrogens with one attached hydrogen (secondary N) is 1. The first-order chi connectivity index (χ1) is 36.2. The summed E-state index contributed by atoms with van der Waals surface area (Å²) in [6.45, 7) is 4.18. The van der Waals surface area contributed by atoms with E-state index in [0.717, 1.165) is 116 Å². The van der Waals surface area contributed by atoms with Gasteiger partial charge in [0.1, 0.15) is 0 Å². The average Bonchev–Trinajstić information content (AvgIpc) is 3.40. The Balaban J connectivity index is 3.68. The van der Waals surface area contributed by atoms with Crippen LogP contribution in [-0.2, 0) is 4.79 Å². The number of unbranched alkanes of at least 4 members (excludes halogenated alkanes) is 25. The predicted octanol–water partition coefficient (Wildman–Crippen LogP) is 20.8. The molecule has 0 heterocycles. The molecule has 0 radical (unpaired) electrons. The lowest BCUT2D eigenvalue weighted by Gasteiger charge is -2.19. The van der Waals surface area contributed by atoms with Crippen molar-refractivity contribution in [3.63, 3.8) is 0 Å². The second-order valence-electron chi connectivity index (χ2n) is 20.0. The Morgan fingerprint density at radius 1 is 0.342 bits per heavy atom. The summed E-state index contributed by atoms with van der Waals surface area (Å²) in [5.74, 6) is -0.103. The van der Waals surface area contributed by atoms with Gasteiger partial charge in [0.05, 0.1) is 18.8 Å². The van der Waals surface area contributed by atoms with Crippen LogP contribution in [0.2, 0.25) is 0 Å². The van der Waals surface area contributed by atoms with E-state index in [9.17, 15) is 15.0 Å². The highest BCUT2D eigenvalue weighted by atomic mass is 16.3. The van der Waals surface area contributed by atoms with E-state index in [1.54, 1.807) is 6.08 Å². The summed E-state index contributed by atoms with van der Waals surface area (Å²) in [5.41, 5.74) is 0. The Labute approximate surface area is 453 Å². The van der Waals surface area contributed by atoms with Crippen molar-refractivity contribution in [3.05, 3.63) is 146 Å². The van der Waals surface area contributed by atoms with Crippen LogP contribution in [0.4, 0.5) is 0 Å². The fourth-order valence-electron chi connectivity index (χ4n) is 8.46. The van der Waals surface area contributed by atoms with E-state index in [-0.39, 0.29) is 12.5 Å². The number of hydrogen-bond acceptors (Lipinski definition) is 3. The lowest BCUT2D eigenvalue weighted by Crippen LogP contribution is -2.45. The molecule has 0 fully saturated rings. The van der Waals surface area contributed by atoms with Gasteiger partial charge in [0.25, 0.3) is 0 Å². The molecule has 0 aliphatic carbocycles. The van der Waals surface area contributed by atoms with Gasteiger partial charge in [-0.25, -0.2) is 0 Å². The summed E-state index contributed by atoms with van der Waals surface area (Å²) in [4.78, 5) is 12.5. The van der Waals surface area contributed by atoms with Crippen LogP contribution in [0, 0.1) is 0 Å². The molecule has 414 valence electrons. The van der Waals surface area contributed by atoms with Crippen molar-refractivity contribution in [1.29, 1.82) is 0 Å². The fourth-order valence-corrected chi connectivity index (χ4v) is 8.46. The Morgan fingerprint density at radius 3 is 0.959 bits per heavy atom. The molecule has 0 aliphatic rings. The molecule has 0 spiro atoms. The van der Waals surface area contributed by atoms with Crippen LogP contribution in [0.1, 0.15) is 264 Å². The summed E-state index contributed by atoms with van der Waals surface area (Å²) in [5, 5.41) is 23.2. The minimum Gasteiger partial charge on any atom is -0.394 e. The van der Waals surface area contributed by atoms with Gasteiger partial charge in [0.15, 0.2) is 0 Å². The second kappa shape index (κ2) is 62.6. The number of carbonyl (C=O) groups excluding carboxylic acids is 1. The van der Waals surface area contributed by atoms with E-state index in [2.05, 4.69) is 153 Å². The Bertz CT molecular complexity index is 1510. The average molecular weight is 1010 g/mol. The van der Waals surface area contributed by atoms with Crippen LogP contribution in [0.25, 0.3) is 0 Å². The second-order valence-corrected chi connectivity index (χ2v) is 20.0. The van der Waals surface area contributed by atoms with Crippen molar-refractivity contribution in [2.75, 3.05) is 6.61 Å². The lowest BCUT2D eigenvalue weighted by atomic mass is 10.0. The molecule has 0 aromatic heterocycles. The first-order valence-electron chi connectivity index (χ1n) is 30.5. The Kier molecular flexibility index (Phi) is 59.4. The quantitative estimate of drug-likeness (QED) is 0.0420. The third-order valence-electron chi connectivity index (χ3n) is 13.1. The largest absolute Gasteiger partial charge is 0.394 e. The van der Waals surface area contributed by atoms with Crippen LogP contribution < -0.4 is 5.32 Å². The third kappa shape index (κ3) is 59.0. The van der Waals surface area contributed by atoms with Crippen LogP contribution in [0.3, 0.4) is 0 Å². The molecule has 73 heavy (non-hydrogen) atoms. The zero-order chi connectivity index (χ0) is 52.7. The Hall–Kier alpha value is -3.73. The van der Waals surface area contributed by atoms with E-state index in [1.165, 1.54) is 128 Å². The highest BCUT2D eigenvalue weighted by Crippen LogP contribution is 2.16. The maximum atomic E-state index is 12.5. The molecule has 1 amide bonds. The molecule has 0 saturated heterocycles. The zero-order valence-electron chi connectivity index (χ0n) is 47.6. The summed E-state index contributed by atoms with van der Waals surface area (Å²) < 4.78 is 0. The number of hydrogen-bond donors (Lipinski definition) is 3. The molecular weight excluding hydrogens is 891 g/mol. The smallest absolute Gasteiger partial charge is 0.220 e. The standard InChI is InChI=1S/C69H115NO3/c1-3-5-7-9-11-13-15-17-19-21-23-25-27-29-31-32-33-34-35-36-37-38-39-41-43-45-47-49-51-53-55-57-59-61-63-65-69(73)70-67(66-71)68(72)64-62-60-58-56-54-52-50-48-46-44-42-40-30-28-26-24-22-20-18-16-14-12-10-8-6-4-2/h5,7,11,13,17,19,23,25,29,31,33-34,36-37,39,41,45,47,51,53-54,56,62,64,67-68,71-72H,3-4,6,8-10,12,14-16,18,20-22,24,26-28,30,32,35,38,40,42-44,46,48-50,52,55,57-61,63,65-66H2,1-2H3,(H,70,73)/b7-5-,13-11-,19-17-,25-23-,31-29-,34-33-,37-36-,41-39-,47-45-,53-51-,56-54+,64-62+. The highest BCUT2D eigenvalue weighted by Gasteiger charge is 2.17. The molecule has 4 nitrogen and oxygen atoms in total. The number of aliphatic hydroxyl groups excluding tert-OH is 2. The Morgan fingerprint density at radius 2 is 0.616 bits per heavy atom. The van der Waals surface area contributed by atoms with Crippen LogP contribution in [0.5, 0.6) is 0 Å². The number of aliphatic hydroxyl groups is 2. The lowest BCUT2D eigenvalue weighted by molar-refractivity contribution is -0.123. The van der Waals surface area contributed by atoms with Gasteiger partial charge in [-0.3, -0.25) is 4.79 Å². The van der Waals surface area contributed by atoms with Crippen molar-refractivity contribution in [3.8, 4) is 0 Å². The van der Waals surface area contributed by atoms with E-state index < -0.39 is 12.1 Å². The van der Waals surface area contributed by atoms with Gasteiger partial charge in [-0.05, 0) is 109 Å². The number of amides is 1. The monoisotopic (exact) mass is 1010 g/mol. The molecule has 0 saturated carbocycles. The summed E-state index contributed by atoms with van der Waals surface area (Å²) in [6, 6.07) is -0.666. The molecule has 0 aliphatic heterocycles. The third-order valence-corrected chi connectivity index (χ3v) is 13.1. The zero-order valence-corrected chi connectivity index (χ0v) is 47.6. The molecule has 0 rings (SSSR count). The number of rotatable bonds is 54. The minimum absolute atomic E-state index is 0.103. The van der Waals surface area contributed by atoms with Gasteiger partial charge < -0.3 is 15.5 Å². The molecule has 3 N–H and O–H groups in total. The minimum atomic E-state index is -0.886. The van der Waals surface area contributed by atoms with Gasteiger partial charge in [-0.1, -0.05) is 295 Å². The van der Waals surface area contributed by atoms with E-state index in [1.807, 2.05) is 6.08 Å². The van der Waals surface area contributed by atoms with Crippen molar-refractivity contribution >= 4 is 5.91 Å².